The van der Waals surface area contributed by atoms with Gasteiger partial charge in [-0.2, -0.15) is 5.10 Å². The average Bonchev–Trinajstić information content (AvgIpc) is 3.19. The van der Waals surface area contributed by atoms with E-state index in [-0.39, 0.29) is 5.92 Å². The highest BCUT2D eigenvalue weighted by Gasteiger charge is 2.30. The summed E-state index contributed by atoms with van der Waals surface area (Å²) < 4.78 is 48.0. The van der Waals surface area contributed by atoms with Crippen molar-refractivity contribution in [3.63, 3.8) is 0 Å². The topological polar surface area (TPSA) is 127 Å². The first kappa shape index (κ1) is 27.2. The Morgan fingerprint density at radius 2 is 2.00 bits per heavy atom. The second-order valence-electron chi connectivity index (χ2n) is 9.57. The molecule has 1 atom stereocenters. The van der Waals surface area contributed by atoms with Crippen molar-refractivity contribution in [3.8, 4) is 11.4 Å². The fourth-order valence-electron chi connectivity index (χ4n) is 4.61. The molecule has 1 saturated heterocycles. The molecule has 0 bridgehead atoms. The van der Waals surface area contributed by atoms with E-state index in [0.29, 0.717) is 64.4 Å². The second kappa shape index (κ2) is 10.6. The van der Waals surface area contributed by atoms with Crippen LogP contribution in [0.25, 0.3) is 22.2 Å². The van der Waals surface area contributed by atoms with Gasteiger partial charge in [0.25, 0.3) is 0 Å². The molecule has 0 radical (unpaired) electrons. The maximum absolute atomic E-state index is 15.5. The third-order valence-corrected chi connectivity index (χ3v) is 7.59. The van der Waals surface area contributed by atoms with Gasteiger partial charge in [0.05, 0.1) is 17.9 Å². The van der Waals surface area contributed by atoms with Gasteiger partial charge < -0.3 is 15.0 Å². The van der Waals surface area contributed by atoms with Crippen LogP contribution in [0.5, 0.6) is 0 Å². The van der Waals surface area contributed by atoms with Gasteiger partial charge in [-0.05, 0) is 30.5 Å². The number of hydrogen-bond acceptors (Lipinski definition) is 9. The van der Waals surface area contributed by atoms with Gasteiger partial charge >= 0.3 is 0 Å². The molecular weight excluding hydrogens is 547 g/mol. The molecule has 0 saturated carbocycles. The summed E-state index contributed by atoms with van der Waals surface area (Å²) in [6.45, 7) is 3.32. The Kier molecular flexibility index (Phi) is 7.42. The van der Waals surface area contributed by atoms with Crippen LogP contribution in [0.2, 0.25) is 5.15 Å². The Morgan fingerprint density at radius 3 is 2.67 bits per heavy atom. The fraction of sp³-hybridized carbons (Fsp3) is 0.360. The van der Waals surface area contributed by atoms with E-state index in [1.54, 1.807) is 49.4 Å². The predicted molar refractivity (Wildman–Crippen MR) is 148 cm³/mol. The standard InChI is InChI=1S/C25H28ClFN8O3S/c1-14(38-3)23-16-7-22(31-21-5-6-28-25(32-21)18-13-34(2)33-24(18)26)29-10-17(16)20(8-19(23)27)35-11-15(12-35)9-30-39(4,36)37/h5-8,10,13-15,30H,9,11-12H2,1-4H3,(H,28,29,31,32)/t14-/m1/s1. The molecule has 1 aliphatic rings. The Morgan fingerprint density at radius 1 is 1.23 bits per heavy atom. The van der Waals surface area contributed by atoms with E-state index >= 15 is 4.39 Å². The lowest BCUT2D eigenvalue weighted by Gasteiger charge is -2.41. The van der Waals surface area contributed by atoms with E-state index in [0.717, 1.165) is 11.6 Å². The smallest absolute Gasteiger partial charge is 0.208 e. The zero-order chi connectivity index (χ0) is 27.9. The minimum absolute atomic E-state index is 0.129. The van der Waals surface area contributed by atoms with Crippen LogP contribution >= 0.6 is 11.6 Å². The summed E-state index contributed by atoms with van der Waals surface area (Å²) in [5.41, 5.74) is 1.71. The number of hydrogen-bond donors (Lipinski definition) is 2. The molecule has 1 aliphatic heterocycles. The van der Waals surface area contributed by atoms with Gasteiger partial charge in [-0.25, -0.2) is 32.5 Å². The molecule has 1 fully saturated rings. The molecule has 0 spiro atoms. The van der Waals surface area contributed by atoms with Crippen molar-refractivity contribution in [2.45, 2.75) is 13.0 Å². The van der Waals surface area contributed by atoms with Crippen LogP contribution in [0.15, 0.2) is 36.8 Å². The molecule has 4 heterocycles. The van der Waals surface area contributed by atoms with Crippen LogP contribution < -0.4 is 14.9 Å². The van der Waals surface area contributed by atoms with Gasteiger partial charge in [-0.15, -0.1) is 0 Å². The Labute approximate surface area is 230 Å². The van der Waals surface area contributed by atoms with Crippen LogP contribution in [-0.4, -0.2) is 66.2 Å². The first-order chi connectivity index (χ1) is 18.5. The highest BCUT2D eigenvalue weighted by Crippen LogP contribution is 2.39. The van der Waals surface area contributed by atoms with E-state index in [4.69, 9.17) is 16.3 Å². The van der Waals surface area contributed by atoms with Crippen LogP contribution in [0.4, 0.5) is 21.7 Å². The third kappa shape index (κ3) is 5.81. The number of nitrogens with zero attached hydrogens (tertiary/aromatic N) is 6. The van der Waals surface area contributed by atoms with E-state index in [1.165, 1.54) is 13.2 Å². The molecule has 2 N–H and O–H groups in total. The summed E-state index contributed by atoms with van der Waals surface area (Å²) in [6, 6.07) is 4.96. The lowest BCUT2D eigenvalue weighted by Crippen LogP contribution is -2.51. The summed E-state index contributed by atoms with van der Waals surface area (Å²) in [5.74, 6) is 1.08. The highest BCUT2D eigenvalue weighted by atomic mass is 35.5. The number of rotatable bonds is 9. The van der Waals surface area contributed by atoms with Gasteiger partial charge in [0, 0.05) is 74.9 Å². The minimum Gasteiger partial charge on any atom is -0.377 e. The van der Waals surface area contributed by atoms with Gasteiger partial charge in [0.15, 0.2) is 11.0 Å². The molecule has 1 aromatic carbocycles. The molecule has 206 valence electrons. The highest BCUT2D eigenvalue weighted by molar-refractivity contribution is 7.88. The Bertz CT molecular complexity index is 1640. The molecule has 0 aliphatic carbocycles. The third-order valence-electron chi connectivity index (χ3n) is 6.62. The number of aromatic nitrogens is 5. The second-order valence-corrected chi connectivity index (χ2v) is 11.8. The lowest BCUT2D eigenvalue weighted by atomic mass is 9.95. The Hall–Kier alpha value is -3.39. The summed E-state index contributed by atoms with van der Waals surface area (Å²) >= 11 is 6.21. The van der Waals surface area contributed by atoms with Crippen molar-refractivity contribution in [2.24, 2.45) is 13.0 Å². The predicted octanol–water partition coefficient (Wildman–Crippen LogP) is 3.65. The lowest BCUT2D eigenvalue weighted by molar-refractivity contribution is 0.117. The van der Waals surface area contributed by atoms with Gasteiger partial charge in [0.1, 0.15) is 17.5 Å². The first-order valence-electron chi connectivity index (χ1n) is 12.2. The largest absolute Gasteiger partial charge is 0.377 e. The fourth-order valence-corrected chi connectivity index (χ4v) is 5.40. The van der Waals surface area contributed by atoms with Crippen molar-refractivity contribution in [1.29, 1.82) is 0 Å². The summed E-state index contributed by atoms with van der Waals surface area (Å²) in [4.78, 5) is 15.4. The van der Waals surface area contributed by atoms with Crippen LogP contribution in [-0.2, 0) is 21.8 Å². The number of methoxy groups -OCH3 is 1. The monoisotopic (exact) mass is 574 g/mol. The van der Waals surface area contributed by atoms with Crippen molar-refractivity contribution in [3.05, 3.63) is 53.3 Å². The maximum atomic E-state index is 15.5. The number of aryl methyl sites for hydroxylation is 1. The SMILES string of the molecule is CO[C@H](C)c1c(F)cc(N2CC(CNS(C)(=O)=O)C2)c2cnc(Nc3ccnc(-c4cn(C)nc4Cl)n3)cc12. The number of pyridine rings is 1. The quantitative estimate of drug-likeness (QED) is 0.308. The van der Waals surface area contributed by atoms with Crippen LogP contribution in [0.1, 0.15) is 18.6 Å². The Balaban J connectivity index is 1.46. The number of sulfonamides is 1. The average molecular weight is 575 g/mol. The van der Waals surface area contributed by atoms with Gasteiger partial charge in [-0.3, -0.25) is 4.68 Å². The van der Waals surface area contributed by atoms with E-state index in [1.807, 2.05) is 4.90 Å². The summed E-state index contributed by atoms with van der Waals surface area (Å²) in [5, 5.41) is 9.01. The van der Waals surface area contributed by atoms with Crippen LogP contribution in [0.3, 0.4) is 0 Å². The number of anilines is 3. The van der Waals surface area contributed by atoms with Crippen molar-refractivity contribution < 1.29 is 17.5 Å². The van der Waals surface area contributed by atoms with E-state index in [2.05, 4.69) is 30.1 Å². The van der Waals surface area contributed by atoms with Crippen LogP contribution in [0, 0.1) is 11.7 Å². The molecule has 0 unspecified atom stereocenters. The number of benzene rings is 1. The van der Waals surface area contributed by atoms with E-state index in [9.17, 15) is 8.42 Å². The number of fused-ring (bicyclic) bond motifs is 1. The molecule has 14 heteroatoms. The molecular formula is C25H28ClFN8O3S. The van der Waals surface area contributed by atoms with Crippen molar-refractivity contribution in [2.75, 3.05) is 43.2 Å². The summed E-state index contributed by atoms with van der Waals surface area (Å²) in [6.07, 6.45) is 5.66. The zero-order valence-corrected chi connectivity index (χ0v) is 23.4. The zero-order valence-electron chi connectivity index (χ0n) is 21.8. The molecule has 39 heavy (non-hydrogen) atoms. The van der Waals surface area contributed by atoms with Crippen molar-refractivity contribution >= 4 is 49.7 Å². The maximum Gasteiger partial charge on any atom is 0.208 e. The molecule has 0 amide bonds. The van der Waals surface area contributed by atoms with Gasteiger partial charge in [-0.1, -0.05) is 11.6 Å². The number of nitrogens with one attached hydrogen (secondary N) is 2. The summed E-state index contributed by atoms with van der Waals surface area (Å²) in [7, 11) is 0.0256. The molecule has 5 rings (SSSR count). The molecule has 11 nitrogen and oxygen atoms in total. The van der Waals surface area contributed by atoms with Gasteiger partial charge in [0.2, 0.25) is 10.0 Å². The van der Waals surface area contributed by atoms with E-state index < -0.39 is 21.9 Å². The first-order valence-corrected chi connectivity index (χ1v) is 14.4. The molecule has 3 aromatic heterocycles. The van der Waals surface area contributed by atoms with Crippen molar-refractivity contribution in [1.82, 2.24) is 29.5 Å². The number of halogens is 2. The number of ether oxygens (including phenoxy) is 1. The molecule has 4 aromatic rings. The minimum atomic E-state index is -3.27. The normalized spacial score (nSPS) is 15.0.